The fourth-order valence-corrected chi connectivity index (χ4v) is 3.17. The van der Waals surface area contributed by atoms with E-state index in [1.54, 1.807) is 24.4 Å². The van der Waals surface area contributed by atoms with Crippen LogP contribution < -0.4 is 10.9 Å². The van der Waals surface area contributed by atoms with Gasteiger partial charge in [0, 0.05) is 24.8 Å². The molecular weight excluding hydrogens is 373 g/mol. The highest BCUT2D eigenvalue weighted by Gasteiger charge is 2.30. The third-order valence-electron chi connectivity index (χ3n) is 4.63. The van der Waals surface area contributed by atoms with Gasteiger partial charge in [-0.3, -0.25) is 9.20 Å². The summed E-state index contributed by atoms with van der Waals surface area (Å²) in [5.41, 5.74) is 0.884. The van der Waals surface area contributed by atoms with Crippen molar-refractivity contribution in [1.82, 2.24) is 14.3 Å². The molecular formula is C19H15F3N4O2. The number of alkyl halides is 3. The van der Waals surface area contributed by atoms with E-state index in [0.717, 1.165) is 12.1 Å². The number of hydrogen-bond donors (Lipinski definition) is 1. The SMILES string of the molecule is O=C(Nc1ccc(C(F)(F)F)cc1)N1CCc2nc3ccccn3c(=O)c2C1. The number of rotatable bonds is 1. The summed E-state index contributed by atoms with van der Waals surface area (Å²) < 4.78 is 39.3. The number of urea groups is 1. The average molecular weight is 388 g/mol. The zero-order chi connectivity index (χ0) is 19.9. The third-order valence-corrected chi connectivity index (χ3v) is 4.63. The Bertz CT molecular complexity index is 1110. The van der Waals surface area contributed by atoms with Crippen molar-refractivity contribution in [3.8, 4) is 0 Å². The molecule has 0 saturated heterocycles. The molecule has 1 N–H and O–H groups in total. The van der Waals surface area contributed by atoms with E-state index in [-0.39, 0.29) is 17.8 Å². The molecule has 0 saturated carbocycles. The molecule has 144 valence electrons. The van der Waals surface area contributed by atoms with Crippen LogP contribution >= 0.6 is 0 Å². The molecule has 4 rings (SSSR count). The van der Waals surface area contributed by atoms with E-state index in [4.69, 9.17) is 0 Å². The Balaban J connectivity index is 1.53. The van der Waals surface area contributed by atoms with Gasteiger partial charge in [0.15, 0.2) is 0 Å². The fourth-order valence-electron chi connectivity index (χ4n) is 3.17. The standard InChI is InChI=1S/C19H15F3N4O2/c20-19(21,22)12-4-6-13(7-5-12)23-18(28)25-10-8-15-14(11-25)17(27)26-9-2-1-3-16(26)24-15/h1-7,9H,8,10-11H2,(H,23,28). The number of amides is 2. The predicted octanol–water partition coefficient (Wildman–Crippen LogP) is 3.30. The molecule has 0 atom stereocenters. The van der Waals surface area contributed by atoms with Gasteiger partial charge in [-0.15, -0.1) is 0 Å². The lowest BCUT2D eigenvalue weighted by Crippen LogP contribution is -2.42. The van der Waals surface area contributed by atoms with E-state index in [0.29, 0.717) is 29.9 Å². The molecule has 0 aliphatic carbocycles. The molecule has 6 nitrogen and oxygen atoms in total. The Morgan fingerprint density at radius 1 is 1.11 bits per heavy atom. The molecule has 1 aliphatic heterocycles. The number of carbonyl (C=O) groups excluding carboxylic acids is 1. The van der Waals surface area contributed by atoms with Gasteiger partial charge < -0.3 is 10.2 Å². The maximum Gasteiger partial charge on any atom is 0.416 e. The number of pyridine rings is 1. The van der Waals surface area contributed by atoms with Gasteiger partial charge in [0.1, 0.15) is 5.65 Å². The number of halogens is 3. The summed E-state index contributed by atoms with van der Waals surface area (Å²) in [6.07, 6.45) is -2.39. The third kappa shape index (κ3) is 3.30. The summed E-state index contributed by atoms with van der Waals surface area (Å²) >= 11 is 0. The maximum absolute atomic E-state index is 12.7. The zero-order valence-electron chi connectivity index (χ0n) is 14.5. The highest BCUT2D eigenvalue weighted by Crippen LogP contribution is 2.30. The summed E-state index contributed by atoms with van der Waals surface area (Å²) in [6, 6.07) is 8.98. The van der Waals surface area contributed by atoms with Crippen LogP contribution in [0.25, 0.3) is 5.65 Å². The first-order valence-electron chi connectivity index (χ1n) is 8.55. The molecule has 3 heterocycles. The van der Waals surface area contributed by atoms with Crippen molar-refractivity contribution < 1.29 is 18.0 Å². The van der Waals surface area contributed by atoms with Crippen LogP contribution in [-0.4, -0.2) is 26.9 Å². The summed E-state index contributed by atoms with van der Waals surface area (Å²) in [5, 5.41) is 2.57. The molecule has 0 radical (unpaired) electrons. The van der Waals surface area contributed by atoms with Crippen LogP contribution in [0.4, 0.5) is 23.7 Å². The van der Waals surface area contributed by atoms with Crippen LogP contribution in [0.5, 0.6) is 0 Å². The summed E-state index contributed by atoms with van der Waals surface area (Å²) in [7, 11) is 0. The molecule has 0 spiro atoms. The van der Waals surface area contributed by atoms with Gasteiger partial charge in [-0.1, -0.05) is 6.07 Å². The van der Waals surface area contributed by atoms with Gasteiger partial charge in [-0.25, -0.2) is 9.78 Å². The number of carbonyl (C=O) groups is 1. The van der Waals surface area contributed by atoms with Crippen molar-refractivity contribution in [2.75, 3.05) is 11.9 Å². The van der Waals surface area contributed by atoms with Crippen LogP contribution in [-0.2, 0) is 19.1 Å². The summed E-state index contributed by atoms with van der Waals surface area (Å²) in [4.78, 5) is 31.1. The first kappa shape index (κ1) is 18.0. The van der Waals surface area contributed by atoms with E-state index >= 15 is 0 Å². The Morgan fingerprint density at radius 3 is 2.57 bits per heavy atom. The molecule has 2 amide bonds. The van der Waals surface area contributed by atoms with Gasteiger partial charge >= 0.3 is 12.2 Å². The number of anilines is 1. The van der Waals surface area contributed by atoms with E-state index < -0.39 is 17.8 Å². The van der Waals surface area contributed by atoms with Crippen molar-refractivity contribution in [1.29, 1.82) is 0 Å². The van der Waals surface area contributed by atoms with Gasteiger partial charge in [-0.2, -0.15) is 13.2 Å². The molecule has 0 bridgehead atoms. The molecule has 1 aromatic carbocycles. The number of aromatic nitrogens is 2. The van der Waals surface area contributed by atoms with Crippen LogP contribution in [0.1, 0.15) is 16.8 Å². The lowest BCUT2D eigenvalue weighted by molar-refractivity contribution is -0.137. The van der Waals surface area contributed by atoms with Crippen molar-refractivity contribution in [2.24, 2.45) is 0 Å². The monoisotopic (exact) mass is 388 g/mol. The molecule has 1 aliphatic rings. The second kappa shape index (κ2) is 6.66. The highest BCUT2D eigenvalue weighted by atomic mass is 19.4. The van der Waals surface area contributed by atoms with E-state index in [9.17, 15) is 22.8 Å². The molecule has 9 heteroatoms. The van der Waals surface area contributed by atoms with Crippen LogP contribution in [0, 0.1) is 0 Å². The molecule has 0 fully saturated rings. The Morgan fingerprint density at radius 2 is 1.86 bits per heavy atom. The molecule has 28 heavy (non-hydrogen) atoms. The predicted molar refractivity (Wildman–Crippen MR) is 96.0 cm³/mol. The number of nitrogens with zero attached hydrogens (tertiary/aromatic N) is 3. The van der Waals surface area contributed by atoms with Crippen LogP contribution in [0.2, 0.25) is 0 Å². The number of hydrogen-bond acceptors (Lipinski definition) is 3. The summed E-state index contributed by atoms with van der Waals surface area (Å²) in [6.45, 7) is 0.445. The normalized spacial score (nSPS) is 14.0. The van der Waals surface area contributed by atoms with Crippen LogP contribution in [0.15, 0.2) is 53.5 Å². The van der Waals surface area contributed by atoms with Crippen LogP contribution in [0.3, 0.4) is 0 Å². The number of nitrogens with one attached hydrogen (secondary N) is 1. The lowest BCUT2D eigenvalue weighted by Gasteiger charge is -2.28. The maximum atomic E-state index is 12.7. The van der Waals surface area contributed by atoms with Crippen molar-refractivity contribution in [3.05, 3.63) is 75.8 Å². The van der Waals surface area contributed by atoms with Gasteiger partial charge in [0.2, 0.25) is 0 Å². The minimum atomic E-state index is -4.43. The van der Waals surface area contributed by atoms with E-state index in [1.807, 2.05) is 0 Å². The van der Waals surface area contributed by atoms with Crippen molar-refractivity contribution >= 4 is 17.4 Å². The van der Waals surface area contributed by atoms with Crippen molar-refractivity contribution in [2.45, 2.75) is 19.1 Å². The van der Waals surface area contributed by atoms with Gasteiger partial charge in [0.25, 0.3) is 5.56 Å². The Labute approximate surface area is 157 Å². The fraction of sp³-hybridized carbons (Fsp3) is 0.211. The Hall–Kier alpha value is -3.36. The highest BCUT2D eigenvalue weighted by molar-refractivity contribution is 5.89. The second-order valence-electron chi connectivity index (χ2n) is 6.45. The van der Waals surface area contributed by atoms with Crippen molar-refractivity contribution in [3.63, 3.8) is 0 Å². The van der Waals surface area contributed by atoms with E-state index in [1.165, 1.54) is 21.4 Å². The van der Waals surface area contributed by atoms with Gasteiger partial charge in [-0.05, 0) is 36.4 Å². The lowest BCUT2D eigenvalue weighted by atomic mass is 10.1. The summed E-state index contributed by atoms with van der Waals surface area (Å²) in [5.74, 6) is 0. The zero-order valence-corrected chi connectivity index (χ0v) is 14.5. The Kier molecular flexibility index (Phi) is 4.29. The largest absolute Gasteiger partial charge is 0.416 e. The van der Waals surface area contributed by atoms with E-state index in [2.05, 4.69) is 10.3 Å². The number of benzene rings is 1. The molecule has 0 unspecified atom stereocenters. The first-order chi connectivity index (χ1) is 13.3. The quantitative estimate of drug-likeness (QED) is 0.696. The average Bonchev–Trinajstić information content (AvgIpc) is 2.68. The molecule has 2 aromatic heterocycles. The smallest absolute Gasteiger partial charge is 0.320 e. The minimum Gasteiger partial charge on any atom is -0.320 e. The van der Waals surface area contributed by atoms with Gasteiger partial charge in [0.05, 0.1) is 23.4 Å². The first-order valence-corrected chi connectivity index (χ1v) is 8.55. The minimum absolute atomic E-state index is 0.0888. The second-order valence-corrected chi connectivity index (χ2v) is 6.45. The number of fused-ring (bicyclic) bond motifs is 2. The molecule has 3 aromatic rings. The topological polar surface area (TPSA) is 66.7 Å².